The fourth-order valence-electron chi connectivity index (χ4n) is 2.97. The number of hydrogen-bond acceptors (Lipinski definition) is 3. The average molecular weight is 324 g/mol. The van der Waals surface area contributed by atoms with E-state index in [0.717, 1.165) is 30.9 Å². The summed E-state index contributed by atoms with van der Waals surface area (Å²) in [5.74, 6) is 1.38. The van der Waals surface area contributed by atoms with Crippen molar-refractivity contribution in [3.8, 4) is 5.75 Å². The summed E-state index contributed by atoms with van der Waals surface area (Å²) >= 11 is 0. The van der Waals surface area contributed by atoms with Gasteiger partial charge in [0.05, 0.1) is 0 Å². The van der Waals surface area contributed by atoms with Gasteiger partial charge in [0, 0.05) is 24.5 Å². The highest BCUT2D eigenvalue weighted by Gasteiger charge is 2.21. The molecule has 0 aromatic heterocycles. The molecule has 0 radical (unpaired) electrons. The molecule has 1 aliphatic heterocycles. The van der Waals surface area contributed by atoms with Crippen molar-refractivity contribution in [1.29, 1.82) is 0 Å². The number of ether oxygens (including phenoxy) is 1. The Balaban J connectivity index is 1.50. The Morgan fingerprint density at radius 3 is 2.54 bits per heavy atom. The standard InChI is InChI=1S/C20H24N2O2/c1-16-6-5-13-22(14-16)20(23)15-24-19-11-9-18(10-12-19)21-17-7-3-2-4-8-17/h2-4,7-12,16,21H,5-6,13-15H2,1H3/t16-/m0/s1. The zero-order valence-corrected chi connectivity index (χ0v) is 14.1. The zero-order chi connectivity index (χ0) is 16.8. The number of piperidine rings is 1. The number of benzene rings is 2. The van der Waals surface area contributed by atoms with Gasteiger partial charge in [-0.3, -0.25) is 4.79 Å². The zero-order valence-electron chi connectivity index (χ0n) is 14.1. The molecule has 1 heterocycles. The first-order chi connectivity index (χ1) is 11.7. The van der Waals surface area contributed by atoms with Crippen molar-refractivity contribution in [2.45, 2.75) is 19.8 Å². The molecule has 2 aromatic carbocycles. The van der Waals surface area contributed by atoms with Gasteiger partial charge in [-0.05, 0) is 55.2 Å². The number of hydrogen-bond donors (Lipinski definition) is 1. The predicted molar refractivity (Wildman–Crippen MR) is 96.6 cm³/mol. The van der Waals surface area contributed by atoms with E-state index in [0.29, 0.717) is 11.7 Å². The van der Waals surface area contributed by atoms with Gasteiger partial charge >= 0.3 is 0 Å². The van der Waals surface area contributed by atoms with E-state index in [-0.39, 0.29) is 12.5 Å². The van der Waals surface area contributed by atoms with Gasteiger partial charge < -0.3 is 15.0 Å². The van der Waals surface area contributed by atoms with E-state index >= 15 is 0 Å². The summed E-state index contributed by atoms with van der Waals surface area (Å²) < 4.78 is 5.64. The lowest BCUT2D eigenvalue weighted by Crippen LogP contribution is -2.41. The van der Waals surface area contributed by atoms with Gasteiger partial charge in [0.2, 0.25) is 0 Å². The lowest BCUT2D eigenvalue weighted by Gasteiger charge is -2.30. The summed E-state index contributed by atoms with van der Waals surface area (Å²) in [5.41, 5.74) is 2.03. The van der Waals surface area contributed by atoms with Crippen molar-refractivity contribution in [3.63, 3.8) is 0 Å². The molecule has 0 bridgehead atoms. The molecule has 3 rings (SSSR count). The molecule has 0 spiro atoms. The summed E-state index contributed by atoms with van der Waals surface area (Å²) in [6.07, 6.45) is 2.30. The summed E-state index contributed by atoms with van der Waals surface area (Å²) in [6.45, 7) is 4.01. The van der Waals surface area contributed by atoms with E-state index in [1.54, 1.807) is 0 Å². The number of anilines is 2. The monoisotopic (exact) mass is 324 g/mol. The molecule has 1 fully saturated rings. The fraction of sp³-hybridized carbons (Fsp3) is 0.350. The third kappa shape index (κ3) is 4.51. The van der Waals surface area contributed by atoms with Crippen LogP contribution in [0.2, 0.25) is 0 Å². The van der Waals surface area contributed by atoms with Crippen LogP contribution < -0.4 is 10.1 Å². The number of carbonyl (C=O) groups excluding carboxylic acids is 1. The second-order valence-electron chi connectivity index (χ2n) is 6.39. The van der Waals surface area contributed by atoms with Crippen LogP contribution in [0.3, 0.4) is 0 Å². The number of para-hydroxylation sites is 1. The van der Waals surface area contributed by atoms with Crippen molar-refractivity contribution < 1.29 is 9.53 Å². The predicted octanol–water partition coefficient (Wildman–Crippen LogP) is 4.07. The largest absolute Gasteiger partial charge is 0.484 e. The van der Waals surface area contributed by atoms with E-state index < -0.39 is 0 Å². The van der Waals surface area contributed by atoms with Crippen LogP contribution in [0.5, 0.6) is 5.75 Å². The van der Waals surface area contributed by atoms with E-state index in [4.69, 9.17) is 4.74 Å². The smallest absolute Gasteiger partial charge is 0.260 e. The van der Waals surface area contributed by atoms with Crippen LogP contribution in [0.4, 0.5) is 11.4 Å². The number of nitrogens with zero attached hydrogens (tertiary/aromatic N) is 1. The Morgan fingerprint density at radius 1 is 1.12 bits per heavy atom. The van der Waals surface area contributed by atoms with Crippen LogP contribution in [0.1, 0.15) is 19.8 Å². The topological polar surface area (TPSA) is 41.6 Å². The molecular weight excluding hydrogens is 300 g/mol. The van der Waals surface area contributed by atoms with Gasteiger partial charge in [0.25, 0.3) is 5.91 Å². The first kappa shape index (κ1) is 16.4. The number of nitrogens with one attached hydrogen (secondary N) is 1. The Morgan fingerprint density at radius 2 is 1.83 bits per heavy atom. The normalized spacial score (nSPS) is 17.4. The minimum atomic E-state index is 0.0769. The summed E-state index contributed by atoms with van der Waals surface area (Å²) in [5, 5.41) is 3.32. The molecule has 2 aromatic rings. The van der Waals surface area contributed by atoms with Crippen molar-refractivity contribution in [3.05, 3.63) is 54.6 Å². The second kappa shape index (κ2) is 7.86. The van der Waals surface area contributed by atoms with Crippen molar-refractivity contribution >= 4 is 17.3 Å². The number of amides is 1. The molecule has 1 atom stereocenters. The van der Waals surface area contributed by atoms with E-state index in [2.05, 4.69) is 12.2 Å². The van der Waals surface area contributed by atoms with Crippen LogP contribution in [0.25, 0.3) is 0 Å². The maximum absolute atomic E-state index is 12.2. The molecule has 4 nitrogen and oxygen atoms in total. The highest BCUT2D eigenvalue weighted by Crippen LogP contribution is 2.20. The van der Waals surface area contributed by atoms with E-state index in [1.165, 1.54) is 6.42 Å². The van der Waals surface area contributed by atoms with Gasteiger partial charge in [-0.25, -0.2) is 0 Å². The Hall–Kier alpha value is -2.49. The number of rotatable bonds is 5. The van der Waals surface area contributed by atoms with Crippen LogP contribution in [0, 0.1) is 5.92 Å². The van der Waals surface area contributed by atoms with E-state index in [1.807, 2.05) is 59.5 Å². The van der Waals surface area contributed by atoms with Crippen LogP contribution in [-0.4, -0.2) is 30.5 Å². The summed E-state index contributed by atoms with van der Waals surface area (Å²) in [6, 6.07) is 17.7. The minimum absolute atomic E-state index is 0.0769. The van der Waals surface area contributed by atoms with Gasteiger partial charge in [-0.2, -0.15) is 0 Å². The van der Waals surface area contributed by atoms with Gasteiger partial charge in [0.1, 0.15) is 5.75 Å². The van der Waals surface area contributed by atoms with Gasteiger partial charge in [-0.15, -0.1) is 0 Å². The quantitative estimate of drug-likeness (QED) is 0.901. The lowest BCUT2D eigenvalue weighted by molar-refractivity contribution is -0.135. The molecule has 0 unspecified atom stereocenters. The fourth-order valence-corrected chi connectivity index (χ4v) is 2.97. The number of carbonyl (C=O) groups is 1. The van der Waals surface area contributed by atoms with Gasteiger partial charge in [0.15, 0.2) is 6.61 Å². The number of likely N-dealkylation sites (tertiary alicyclic amines) is 1. The summed E-state index contributed by atoms with van der Waals surface area (Å²) in [7, 11) is 0. The first-order valence-corrected chi connectivity index (χ1v) is 8.53. The molecule has 1 saturated heterocycles. The van der Waals surface area contributed by atoms with Crippen molar-refractivity contribution in [1.82, 2.24) is 4.90 Å². The van der Waals surface area contributed by atoms with Crippen LogP contribution in [0.15, 0.2) is 54.6 Å². The minimum Gasteiger partial charge on any atom is -0.484 e. The molecule has 126 valence electrons. The first-order valence-electron chi connectivity index (χ1n) is 8.53. The van der Waals surface area contributed by atoms with Crippen LogP contribution >= 0.6 is 0 Å². The average Bonchev–Trinajstić information content (AvgIpc) is 2.62. The van der Waals surface area contributed by atoms with Crippen molar-refractivity contribution in [2.75, 3.05) is 25.0 Å². The highest BCUT2D eigenvalue weighted by atomic mass is 16.5. The Bertz CT molecular complexity index is 655. The molecule has 1 aliphatic rings. The molecule has 1 amide bonds. The summed E-state index contributed by atoms with van der Waals surface area (Å²) in [4.78, 5) is 14.1. The molecule has 24 heavy (non-hydrogen) atoms. The second-order valence-corrected chi connectivity index (χ2v) is 6.39. The molecular formula is C20H24N2O2. The maximum atomic E-state index is 12.2. The Labute approximate surface area is 143 Å². The van der Waals surface area contributed by atoms with Crippen LogP contribution in [-0.2, 0) is 4.79 Å². The third-order valence-corrected chi connectivity index (χ3v) is 4.29. The SMILES string of the molecule is C[C@H]1CCCN(C(=O)COc2ccc(Nc3ccccc3)cc2)C1. The highest BCUT2D eigenvalue weighted by molar-refractivity contribution is 5.77. The molecule has 0 aliphatic carbocycles. The molecule has 0 saturated carbocycles. The van der Waals surface area contributed by atoms with E-state index in [9.17, 15) is 4.79 Å². The maximum Gasteiger partial charge on any atom is 0.260 e. The molecule has 1 N–H and O–H groups in total. The van der Waals surface area contributed by atoms with Crippen molar-refractivity contribution in [2.24, 2.45) is 5.92 Å². The lowest BCUT2D eigenvalue weighted by atomic mass is 10.0. The van der Waals surface area contributed by atoms with Gasteiger partial charge in [-0.1, -0.05) is 25.1 Å². The third-order valence-electron chi connectivity index (χ3n) is 4.29. The molecule has 4 heteroatoms. The Kier molecular flexibility index (Phi) is 5.36.